The highest BCUT2D eigenvalue weighted by atomic mass is 32.1. The molecule has 2 amide bonds. The molecule has 2 rings (SSSR count). The van der Waals surface area contributed by atoms with Crippen molar-refractivity contribution in [2.75, 3.05) is 38.0 Å². The summed E-state index contributed by atoms with van der Waals surface area (Å²) in [4.78, 5) is 27.7. The van der Waals surface area contributed by atoms with Gasteiger partial charge in [-0.2, -0.15) is 0 Å². The third-order valence-corrected chi connectivity index (χ3v) is 3.89. The van der Waals surface area contributed by atoms with Crippen molar-refractivity contribution in [3.63, 3.8) is 0 Å². The fourth-order valence-corrected chi connectivity index (χ4v) is 2.68. The third kappa shape index (κ3) is 5.05. The molecule has 8 heteroatoms. The van der Waals surface area contributed by atoms with Gasteiger partial charge >= 0.3 is 0 Å². The first-order valence-electron chi connectivity index (χ1n) is 7.10. The van der Waals surface area contributed by atoms with Crippen molar-refractivity contribution < 1.29 is 9.59 Å². The van der Waals surface area contributed by atoms with Gasteiger partial charge in [-0.15, -0.1) is 10.2 Å². The molecule has 21 heavy (non-hydrogen) atoms. The number of nitrogens with zero attached hydrogens (tertiary/aromatic N) is 4. The van der Waals surface area contributed by atoms with Crippen LogP contribution in [0.1, 0.15) is 20.3 Å². The van der Waals surface area contributed by atoms with Gasteiger partial charge in [0.1, 0.15) is 5.51 Å². The van der Waals surface area contributed by atoms with Crippen LogP contribution in [0.4, 0.5) is 5.13 Å². The quantitative estimate of drug-likeness (QED) is 0.864. The lowest BCUT2D eigenvalue weighted by Crippen LogP contribution is -2.50. The van der Waals surface area contributed by atoms with Crippen molar-refractivity contribution >= 4 is 28.3 Å². The Bertz CT molecular complexity index is 469. The highest BCUT2D eigenvalue weighted by Gasteiger charge is 2.22. The van der Waals surface area contributed by atoms with E-state index in [-0.39, 0.29) is 11.8 Å². The number of hydrogen-bond donors (Lipinski definition) is 1. The van der Waals surface area contributed by atoms with E-state index in [2.05, 4.69) is 20.4 Å². The van der Waals surface area contributed by atoms with Gasteiger partial charge in [-0.25, -0.2) is 0 Å². The first-order chi connectivity index (χ1) is 10.0. The van der Waals surface area contributed by atoms with E-state index in [1.165, 1.54) is 11.3 Å². The highest BCUT2D eigenvalue weighted by Crippen LogP contribution is 2.10. The number of carbonyl (C=O) groups is 2. The molecule has 1 aliphatic heterocycles. The summed E-state index contributed by atoms with van der Waals surface area (Å²) >= 11 is 1.30. The number of piperazine rings is 1. The van der Waals surface area contributed by atoms with Gasteiger partial charge in [0.25, 0.3) is 0 Å². The monoisotopic (exact) mass is 311 g/mol. The summed E-state index contributed by atoms with van der Waals surface area (Å²) < 4.78 is 0. The van der Waals surface area contributed by atoms with E-state index >= 15 is 0 Å². The molecule has 1 saturated heterocycles. The second-order valence-electron chi connectivity index (χ2n) is 5.55. The SMILES string of the molecule is CC(C)CC(=O)N1CCN(CC(=O)Nc2nncs2)CC1. The average molecular weight is 311 g/mol. The van der Waals surface area contributed by atoms with Crippen molar-refractivity contribution in [1.82, 2.24) is 20.0 Å². The molecular formula is C13H21N5O2S. The Morgan fingerprint density at radius 2 is 2.05 bits per heavy atom. The molecule has 0 unspecified atom stereocenters. The fraction of sp³-hybridized carbons (Fsp3) is 0.692. The zero-order valence-electron chi connectivity index (χ0n) is 12.4. The minimum absolute atomic E-state index is 0.0892. The van der Waals surface area contributed by atoms with Crippen LogP contribution in [0.5, 0.6) is 0 Å². The lowest BCUT2D eigenvalue weighted by Gasteiger charge is -2.34. The Hall–Kier alpha value is -1.54. The summed E-state index contributed by atoms with van der Waals surface area (Å²) in [5, 5.41) is 10.7. The predicted molar refractivity (Wildman–Crippen MR) is 81.0 cm³/mol. The van der Waals surface area contributed by atoms with Crippen LogP contribution in [-0.2, 0) is 9.59 Å². The zero-order valence-corrected chi connectivity index (χ0v) is 13.2. The maximum absolute atomic E-state index is 12.0. The van der Waals surface area contributed by atoms with Crippen molar-refractivity contribution in [2.45, 2.75) is 20.3 Å². The average Bonchev–Trinajstić information content (AvgIpc) is 2.91. The summed E-state index contributed by atoms with van der Waals surface area (Å²) in [5.74, 6) is 0.505. The van der Waals surface area contributed by atoms with Crippen molar-refractivity contribution in [3.05, 3.63) is 5.51 Å². The van der Waals surface area contributed by atoms with E-state index in [0.717, 1.165) is 13.1 Å². The van der Waals surface area contributed by atoms with E-state index in [4.69, 9.17) is 0 Å². The van der Waals surface area contributed by atoms with Gasteiger partial charge in [0, 0.05) is 32.6 Å². The first kappa shape index (κ1) is 15.8. The van der Waals surface area contributed by atoms with Gasteiger partial charge in [0.15, 0.2) is 0 Å². The first-order valence-corrected chi connectivity index (χ1v) is 7.98. The summed E-state index contributed by atoms with van der Waals surface area (Å²) in [7, 11) is 0. The van der Waals surface area contributed by atoms with E-state index in [1.54, 1.807) is 5.51 Å². The van der Waals surface area contributed by atoms with Gasteiger partial charge < -0.3 is 4.90 Å². The molecule has 0 radical (unpaired) electrons. The molecule has 1 fully saturated rings. The molecule has 7 nitrogen and oxygen atoms in total. The molecule has 0 aliphatic carbocycles. The number of aromatic nitrogens is 2. The Labute approximate surface area is 128 Å². The molecule has 1 aromatic rings. The summed E-state index contributed by atoms with van der Waals surface area (Å²) in [5.41, 5.74) is 1.58. The number of amides is 2. The molecule has 0 atom stereocenters. The summed E-state index contributed by atoms with van der Waals surface area (Å²) in [6, 6.07) is 0. The van der Waals surface area contributed by atoms with Gasteiger partial charge in [0.05, 0.1) is 6.54 Å². The largest absolute Gasteiger partial charge is 0.340 e. The van der Waals surface area contributed by atoms with Crippen LogP contribution >= 0.6 is 11.3 Å². The molecule has 0 spiro atoms. The van der Waals surface area contributed by atoms with E-state index in [0.29, 0.717) is 37.1 Å². The smallest absolute Gasteiger partial charge is 0.240 e. The molecule has 0 bridgehead atoms. The number of nitrogens with one attached hydrogen (secondary N) is 1. The van der Waals surface area contributed by atoms with Gasteiger partial charge in [-0.05, 0) is 5.92 Å². The van der Waals surface area contributed by atoms with Crippen LogP contribution < -0.4 is 5.32 Å². The Morgan fingerprint density at radius 3 is 2.62 bits per heavy atom. The minimum atomic E-state index is -0.0892. The van der Waals surface area contributed by atoms with E-state index in [1.807, 2.05) is 18.7 Å². The minimum Gasteiger partial charge on any atom is -0.340 e. The van der Waals surface area contributed by atoms with Crippen LogP contribution in [0.15, 0.2) is 5.51 Å². The molecule has 2 heterocycles. The molecule has 1 aliphatic rings. The molecule has 0 aromatic carbocycles. The number of hydrogen-bond acceptors (Lipinski definition) is 6. The molecule has 0 saturated carbocycles. The second-order valence-corrected chi connectivity index (χ2v) is 6.38. The van der Waals surface area contributed by atoms with Crippen molar-refractivity contribution in [2.24, 2.45) is 5.92 Å². The number of rotatable bonds is 5. The Balaban J connectivity index is 1.71. The highest BCUT2D eigenvalue weighted by molar-refractivity contribution is 7.13. The van der Waals surface area contributed by atoms with E-state index < -0.39 is 0 Å². The maximum atomic E-state index is 12.0. The molecule has 116 valence electrons. The van der Waals surface area contributed by atoms with E-state index in [9.17, 15) is 9.59 Å². The third-order valence-electron chi connectivity index (χ3n) is 3.28. The van der Waals surface area contributed by atoms with Gasteiger partial charge in [0.2, 0.25) is 16.9 Å². The lowest BCUT2D eigenvalue weighted by molar-refractivity contribution is -0.133. The van der Waals surface area contributed by atoms with Crippen molar-refractivity contribution in [1.29, 1.82) is 0 Å². The predicted octanol–water partition coefficient (Wildman–Crippen LogP) is 0.667. The number of anilines is 1. The van der Waals surface area contributed by atoms with Crippen LogP contribution in [0.25, 0.3) is 0 Å². The fourth-order valence-electron chi connectivity index (χ4n) is 2.22. The molecule has 1 aromatic heterocycles. The standard InChI is InChI=1S/C13H21N5O2S/c1-10(2)7-12(20)18-5-3-17(4-6-18)8-11(19)15-13-16-14-9-21-13/h9-10H,3-8H2,1-2H3,(H,15,16,19). The number of carbonyl (C=O) groups excluding carboxylic acids is 2. The van der Waals surface area contributed by atoms with Crippen LogP contribution in [-0.4, -0.2) is 64.5 Å². The topological polar surface area (TPSA) is 78.4 Å². The van der Waals surface area contributed by atoms with Crippen LogP contribution in [0, 0.1) is 5.92 Å². The normalized spacial score (nSPS) is 16.2. The van der Waals surface area contributed by atoms with Crippen molar-refractivity contribution in [3.8, 4) is 0 Å². The maximum Gasteiger partial charge on any atom is 0.240 e. The lowest BCUT2D eigenvalue weighted by atomic mass is 10.1. The summed E-state index contributed by atoms with van der Waals surface area (Å²) in [6.45, 7) is 7.26. The zero-order chi connectivity index (χ0) is 15.2. The second kappa shape index (κ2) is 7.46. The molecular weight excluding hydrogens is 290 g/mol. The van der Waals surface area contributed by atoms with Crippen LogP contribution in [0.2, 0.25) is 0 Å². The Morgan fingerprint density at radius 1 is 1.33 bits per heavy atom. The van der Waals surface area contributed by atoms with Crippen LogP contribution in [0.3, 0.4) is 0 Å². The molecule has 1 N–H and O–H groups in total. The summed E-state index contributed by atoms with van der Waals surface area (Å²) in [6.07, 6.45) is 0.595. The van der Waals surface area contributed by atoms with Gasteiger partial charge in [-0.1, -0.05) is 25.2 Å². The van der Waals surface area contributed by atoms with Gasteiger partial charge in [-0.3, -0.25) is 19.8 Å². The Kier molecular flexibility index (Phi) is 5.63.